The van der Waals surface area contributed by atoms with Gasteiger partial charge in [-0.05, 0) is 35.7 Å². The first kappa shape index (κ1) is 17.5. The molecule has 0 aromatic heterocycles. The van der Waals surface area contributed by atoms with Crippen molar-refractivity contribution in [3.8, 4) is 0 Å². The molecule has 2 aromatic rings. The van der Waals surface area contributed by atoms with Crippen LogP contribution < -0.4 is 11.1 Å². The second kappa shape index (κ2) is 8.14. The molecule has 1 aliphatic heterocycles. The molecule has 0 atom stereocenters. The predicted molar refractivity (Wildman–Crippen MR) is 99.3 cm³/mol. The summed E-state index contributed by atoms with van der Waals surface area (Å²) in [6.07, 6.45) is 0. The van der Waals surface area contributed by atoms with Gasteiger partial charge >= 0.3 is 0 Å². The molecule has 0 unspecified atom stereocenters. The monoisotopic (exact) mass is 339 g/mol. The quantitative estimate of drug-likeness (QED) is 0.821. The summed E-state index contributed by atoms with van der Waals surface area (Å²) >= 11 is 0. The van der Waals surface area contributed by atoms with Crippen LogP contribution >= 0.6 is 0 Å². The number of amides is 1. The van der Waals surface area contributed by atoms with Crippen LogP contribution in [0, 0.1) is 6.92 Å². The molecule has 25 heavy (non-hydrogen) atoms. The average Bonchev–Trinajstić information content (AvgIpc) is 2.63. The highest BCUT2D eigenvalue weighted by atomic mass is 16.5. The lowest BCUT2D eigenvalue weighted by Gasteiger charge is -2.26. The summed E-state index contributed by atoms with van der Waals surface area (Å²) in [4.78, 5) is 14.8. The van der Waals surface area contributed by atoms with E-state index in [0.29, 0.717) is 17.8 Å². The molecule has 0 aliphatic carbocycles. The van der Waals surface area contributed by atoms with Gasteiger partial charge in [0.25, 0.3) is 5.91 Å². The number of nitrogens with two attached hydrogens (primary N) is 1. The second-order valence-corrected chi connectivity index (χ2v) is 6.47. The Morgan fingerprint density at radius 2 is 1.92 bits per heavy atom. The maximum absolute atomic E-state index is 12.4. The third kappa shape index (κ3) is 4.81. The number of hydrogen-bond donors (Lipinski definition) is 2. The molecule has 1 fully saturated rings. The highest BCUT2D eigenvalue weighted by Gasteiger charge is 2.12. The molecule has 0 bridgehead atoms. The maximum Gasteiger partial charge on any atom is 0.251 e. The van der Waals surface area contributed by atoms with Crippen molar-refractivity contribution < 1.29 is 9.53 Å². The van der Waals surface area contributed by atoms with Gasteiger partial charge in [0.05, 0.1) is 13.2 Å². The van der Waals surface area contributed by atoms with E-state index in [1.165, 1.54) is 5.56 Å². The van der Waals surface area contributed by atoms with Crippen LogP contribution in [0.25, 0.3) is 0 Å². The van der Waals surface area contributed by atoms with Crippen LogP contribution in [0.2, 0.25) is 0 Å². The lowest BCUT2D eigenvalue weighted by atomic mass is 10.1. The summed E-state index contributed by atoms with van der Waals surface area (Å²) in [7, 11) is 0. The molecule has 0 saturated carbocycles. The third-order valence-electron chi connectivity index (χ3n) is 4.46. The minimum absolute atomic E-state index is 0.0941. The lowest BCUT2D eigenvalue weighted by molar-refractivity contribution is 0.0342. The maximum atomic E-state index is 12.4. The van der Waals surface area contributed by atoms with Crippen LogP contribution in [-0.4, -0.2) is 37.1 Å². The number of nitrogens with one attached hydrogen (secondary N) is 1. The average molecular weight is 339 g/mol. The summed E-state index contributed by atoms with van der Waals surface area (Å²) in [6.45, 7) is 6.87. The predicted octanol–water partition coefficient (Wildman–Crippen LogP) is 2.34. The van der Waals surface area contributed by atoms with Crippen molar-refractivity contribution in [1.82, 2.24) is 10.2 Å². The van der Waals surface area contributed by atoms with E-state index in [4.69, 9.17) is 10.5 Å². The van der Waals surface area contributed by atoms with Gasteiger partial charge in [-0.25, -0.2) is 0 Å². The second-order valence-electron chi connectivity index (χ2n) is 6.47. The van der Waals surface area contributed by atoms with Crippen LogP contribution in [0.15, 0.2) is 42.5 Å². The molecule has 3 rings (SSSR count). The Labute approximate surface area is 148 Å². The largest absolute Gasteiger partial charge is 0.399 e. The van der Waals surface area contributed by atoms with Gasteiger partial charge < -0.3 is 15.8 Å². The summed E-state index contributed by atoms with van der Waals surface area (Å²) in [6, 6.07) is 13.8. The zero-order valence-electron chi connectivity index (χ0n) is 14.6. The molecule has 1 amide bonds. The smallest absolute Gasteiger partial charge is 0.251 e. The summed E-state index contributed by atoms with van der Waals surface area (Å²) < 4.78 is 5.39. The third-order valence-corrected chi connectivity index (χ3v) is 4.46. The first-order chi connectivity index (χ1) is 12.1. The first-order valence-corrected chi connectivity index (χ1v) is 8.64. The van der Waals surface area contributed by atoms with E-state index in [1.807, 2.05) is 25.1 Å². The molecule has 5 nitrogen and oxygen atoms in total. The van der Waals surface area contributed by atoms with Gasteiger partial charge in [-0.2, -0.15) is 0 Å². The zero-order valence-corrected chi connectivity index (χ0v) is 14.6. The van der Waals surface area contributed by atoms with Crippen LogP contribution in [-0.2, 0) is 17.8 Å². The first-order valence-electron chi connectivity index (χ1n) is 8.64. The van der Waals surface area contributed by atoms with E-state index in [-0.39, 0.29) is 5.91 Å². The lowest BCUT2D eigenvalue weighted by Crippen LogP contribution is -2.35. The molecule has 0 radical (unpaired) electrons. The van der Waals surface area contributed by atoms with Crippen molar-refractivity contribution >= 4 is 11.6 Å². The topological polar surface area (TPSA) is 67.6 Å². The number of nitrogen functional groups attached to an aromatic ring is 1. The zero-order chi connectivity index (χ0) is 17.6. The van der Waals surface area contributed by atoms with Gasteiger partial charge in [0, 0.05) is 37.4 Å². The van der Waals surface area contributed by atoms with E-state index in [1.54, 1.807) is 12.1 Å². The van der Waals surface area contributed by atoms with Crippen molar-refractivity contribution in [2.75, 3.05) is 32.0 Å². The number of hydrogen-bond acceptors (Lipinski definition) is 4. The minimum Gasteiger partial charge on any atom is -0.399 e. The number of ether oxygens (including phenoxy) is 1. The molecule has 1 heterocycles. The molecule has 1 saturated heterocycles. The van der Waals surface area contributed by atoms with Crippen molar-refractivity contribution in [1.29, 1.82) is 0 Å². The van der Waals surface area contributed by atoms with Crippen molar-refractivity contribution in [3.05, 3.63) is 64.7 Å². The number of nitrogens with zero attached hydrogens (tertiary/aromatic N) is 1. The van der Waals surface area contributed by atoms with Crippen LogP contribution in [0.3, 0.4) is 0 Å². The van der Waals surface area contributed by atoms with Gasteiger partial charge in [-0.15, -0.1) is 0 Å². The Bertz CT molecular complexity index is 739. The van der Waals surface area contributed by atoms with E-state index >= 15 is 0 Å². The molecule has 0 spiro atoms. The fraction of sp³-hybridized carbons (Fsp3) is 0.350. The van der Waals surface area contributed by atoms with E-state index < -0.39 is 0 Å². The number of rotatable bonds is 5. The van der Waals surface area contributed by atoms with Gasteiger partial charge in [0.15, 0.2) is 0 Å². The van der Waals surface area contributed by atoms with Gasteiger partial charge in [-0.1, -0.05) is 30.3 Å². The summed E-state index contributed by atoms with van der Waals surface area (Å²) in [5.74, 6) is -0.0941. The molecule has 2 aromatic carbocycles. The summed E-state index contributed by atoms with van der Waals surface area (Å²) in [5.41, 5.74) is 10.3. The Morgan fingerprint density at radius 1 is 1.16 bits per heavy atom. The van der Waals surface area contributed by atoms with E-state index in [0.717, 1.165) is 44.0 Å². The van der Waals surface area contributed by atoms with Gasteiger partial charge in [-0.3, -0.25) is 9.69 Å². The van der Waals surface area contributed by atoms with E-state index in [9.17, 15) is 4.79 Å². The Balaban J connectivity index is 1.60. The normalized spacial score (nSPS) is 15.1. The number of aryl methyl sites for hydroxylation is 1. The highest BCUT2D eigenvalue weighted by molar-refractivity contribution is 5.96. The highest BCUT2D eigenvalue weighted by Crippen LogP contribution is 2.14. The Morgan fingerprint density at radius 3 is 2.72 bits per heavy atom. The van der Waals surface area contributed by atoms with Gasteiger partial charge in [0.2, 0.25) is 0 Å². The fourth-order valence-corrected chi connectivity index (χ4v) is 3.02. The number of benzene rings is 2. The molecule has 5 heteroatoms. The van der Waals surface area contributed by atoms with Crippen molar-refractivity contribution in [2.24, 2.45) is 0 Å². The fourth-order valence-electron chi connectivity index (χ4n) is 3.02. The number of carbonyl (C=O) groups is 1. The minimum atomic E-state index is -0.0941. The van der Waals surface area contributed by atoms with E-state index in [2.05, 4.69) is 22.3 Å². The molecule has 3 N–H and O–H groups in total. The van der Waals surface area contributed by atoms with Crippen molar-refractivity contribution in [3.63, 3.8) is 0 Å². The van der Waals surface area contributed by atoms with Crippen LogP contribution in [0.1, 0.15) is 27.0 Å². The summed E-state index contributed by atoms with van der Waals surface area (Å²) in [5, 5.41) is 2.99. The van der Waals surface area contributed by atoms with Crippen LogP contribution in [0.5, 0.6) is 0 Å². The molecular weight excluding hydrogens is 314 g/mol. The number of anilines is 1. The van der Waals surface area contributed by atoms with Gasteiger partial charge in [0.1, 0.15) is 0 Å². The Kier molecular flexibility index (Phi) is 5.68. The standard InChI is InChI=1S/C20H25N3O2/c1-15-5-6-18(21)12-19(15)20(24)22-13-16-3-2-4-17(11-16)14-23-7-9-25-10-8-23/h2-6,11-12H,7-10,13-14,21H2,1H3,(H,22,24). The SMILES string of the molecule is Cc1ccc(N)cc1C(=O)NCc1cccc(CN2CCOCC2)c1. The van der Waals surface area contributed by atoms with Crippen molar-refractivity contribution in [2.45, 2.75) is 20.0 Å². The number of carbonyl (C=O) groups excluding carboxylic acids is 1. The molecular formula is C20H25N3O2. The molecule has 132 valence electrons. The molecule has 1 aliphatic rings. The Hall–Kier alpha value is -2.37. The number of morpholine rings is 1. The van der Waals surface area contributed by atoms with Crippen LogP contribution in [0.4, 0.5) is 5.69 Å².